The van der Waals surface area contributed by atoms with Crippen LogP contribution in [0.2, 0.25) is 0 Å². The normalized spacial score (nSPS) is 17.1. The van der Waals surface area contributed by atoms with E-state index in [1.807, 2.05) is 6.07 Å². The van der Waals surface area contributed by atoms with Crippen LogP contribution in [0.3, 0.4) is 0 Å². The van der Waals surface area contributed by atoms with E-state index in [1.165, 1.54) is 38.5 Å². The topological polar surface area (TPSA) is 12.0 Å². The number of rotatable bonds is 4. The van der Waals surface area contributed by atoms with Gasteiger partial charge in [0.1, 0.15) is 5.82 Å². The summed E-state index contributed by atoms with van der Waals surface area (Å²) in [4.78, 5) is 0. The van der Waals surface area contributed by atoms with Crippen molar-refractivity contribution in [3.8, 4) is 0 Å². The molecule has 1 saturated carbocycles. The first kappa shape index (κ1) is 12.9. The Morgan fingerprint density at radius 2 is 2.00 bits per heavy atom. The van der Waals surface area contributed by atoms with Gasteiger partial charge in [0.25, 0.3) is 0 Å². The maximum absolute atomic E-state index is 13.3. The van der Waals surface area contributed by atoms with E-state index in [0.29, 0.717) is 4.47 Å². The minimum atomic E-state index is -0.201. The number of halogens is 2. The Morgan fingerprint density at radius 1 is 1.24 bits per heavy atom. The zero-order chi connectivity index (χ0) is 12.1. The van der Waals surface area contributed by atoms with Crippen LogP contribution in [0, 0.1) is 11.7 Å². The number of hydrogen-bond donors (Lipinski definition) is 1. The zero-order valence-corrected chi connectivity index (χ0v) is 11.6. The van der Waals surface area contributed by atoms with E-state index >= 15 is 0 Å². The maximum Gasteiger partial charge on any atom is 0.139 e. The zero-order valence-electron chi connectivity index (χ0n) is 10.0. The Hall–Kier alpha value is -0.570. The fourth-order valence-electron chi connectivity index (χ4n) is 2.50. The molecular formula is C14H19BrFN. The molecule has 2 rings (SSSR count). The van der Waals surface area contributed by atoms with Gasteiger partial charge in [0.05, 0.1) is 4.47 Å². The predicted octanol–water partition coefficient (Wildman–Crippen LogP) is 4.97. The molecule has 3 heteroatoms. The van der Waals surface area contributed by atoms with Gasteiger partial charge in [0, 0.05) is 12.2 Å². The average molecular weight is 300 g/mol. The van der Waals surface area contributed by atoms with Crippen LogP contribution >= 0.6 is 15.9 Å². The quantitative estimate of drug-likeness (QED) is 0.827. The third-order valence-electron chi connectivity index (χ3n) is 3.53. The van der Waals surface area contributed by atoms with E-state index < -0.39 is 0 Å². The molecule has 1 aliphatic carbocycles. The highest BCUT2D eigenvalue weighted by molar-refractivity contribution is 9.10. The second kappa shape index (κ2) is 6.39. The molecule has 1 aromatic rings. The molecule has 1 aliphatic rings. The van der Waals surface area contributed by atoms with Crippen molar-refractivity contribution in [1.82, 2.24) is 0 Å². The lowest BCUT2D eigenvalue weighted by atomic mass is 9.87. The Labute approximate surface area is 111 Å². The van der Waals surface area contributed by atoms with Crippen LogP contribution in [-0.4, -0.2) is 6.54 Å². The molecule has 0 radical (unpaired) electrons. The Morgan fingerprint density at radius 3 is 2.71 bits per heavy atom. The van der Waals surface area contributed by atoms with Crippen LogP contribution in [0.25, 0.3) is 0 Å². The van der Waals surface area contributed by atoms with Crippen molar-refractivity contribution in [3.63, 3.8) is 0 Å². The molecule has 0 atom stereocenters. The monoisotopic (exact) mass is 299 g/mol. The van der Waals surface area contributed by atoms with Crippen molar-refractivity contribution in [2.75, 3.05) is 11.9 Å². The van der Waals surface area contributed by atoms with E-state index in [2.05, 4.69) is 21.2 Å². The summed E-state index contributed by atoms with van der Waals surface area (Å²) in [6.07, 6.45) is 8.13. The molecule has 0 spiro atoms. The molecule has 17 heavy (non-hydrogen) atoms. The molecule has 0 unspecified atom stereocenters. The third-order valence-corrected chi connectivity index (χ3v) is 4.17. The number of nitrogens with one attached hydrogen (secondary N) is 1. The van der Waals surface area contributed by atoms with Gasteiger partial charge in [0.2, 0.25) is 0 Å². The lowest BCUT2D eigenvalue weighted by Gasteiger charge is -2.21. The summed E-state index contributed by atoms with van der Waals surface area (Å²) >= 11 is 3.16. The average Bonchev–Trinajstić information content (AvgIpc) is 2.35. The van der Waals surface area contributed by atoms with Crippen molar-refractivity contribution >= 4 is 21.6 Å². The predicted molar refractivity (Wildman–Crippen MR) is 73.8 cm³/mol. The lowest BCUT2D eigenvalue weighted by molar-refractivity contribution is 0.345. The summed E-state index contributed by atoms with van der Waals surface area (Å²) in [5.74, 6) is 0.671. The first-order valence-electron chi connectivity index (χ1n) is 6.44. The van der Waals surface area contributed by atoms with Crippen molar-refractivity contribution in [3.05, 3.63) is 28.5 Å². The first-order valence-corrected chi connectivity index (χ1v) is 7.24. The highest BCUT2D eigenvalue weighted by Crippen LogP contribution is 2.26. The SMILES string of the molecule is Fc1cc(NCCC2CCCCC2)ccc1Br. The van der Waals surface area contributed by atoms with Crippen LogP contribution < -0.4 is 5.32 Å². The summed E-state index contributed by atoms with van der Waals surface area (Å²) in [7, 11) is 0. The minimum absolute atomic E-state index is 0.201. The molecule has 0 heterocycles. The van der Waals surface area contributed by atoms with E-state index in [1.54, 1.807) is 12.1 Å². The van der Waals surface area contributed by atoms with Crippen LogP contribution in [0.5, 0.6) is 0 Å². The fraction of sp³-hybridized carbons (Fsp3) is 0.571. The van der Waals surface area contributed by atoms with Crippen LogP contribution in [0.15, 0.2) is 22.7 Å². The molecule has 1 fully saturated rings. The van der Waals surface area contributed by atoms with Gasteiger partial charge < -0.3 is 5.32 Å². The molecule has 0 amide bonds. The minimum Gasteiger partial charge on any atom is -0.385 e. The summed E-state index contributed by atoms with van der Waals surface area (Å²) in [6, 6.07) is 5.21. The van der Waals surface area contributed by atoms with E-state index in [9.17, 15) is 4.39 Å². The van der Waals surface area contributed by atoms with Gasteiger partial charge in [-0.1, -0.05) is 32.1 Å². The molecule has 94 valence electrons. The van der Waals surface area contributed by atoms with Gasteiger partial charge in [-0.15, -0.1) is 0 Å². The second-order valence-electron chi connectivity index (χ2n) is 4.85. The number of anilines is 1. The standard InChI is InChI=1S/C14H19BrFN/c15-13-7-6-12(10-14(13)16)17-9-8-11-4-2-1-3-5-11/h6-7,10-11,17H,1-5,8-9H2. The summed E-state index contributed by atoms with van der Waals surface area (Å²) in [6.45, 7) is 0.950. The van der Waals surface area contributed by atoms with E-state index in [4.69, 9.17) is 0 Å². The van der Waals surface area contributed by atoms with E-state index in [0.717, 1.165) is 18.2 Å². The van der Waals surface area contributed by atoms with Crippen LogP contribution in [0.1, 0.15) is 38.5 Å². The number of hydrogen-bond acceptors (Lipinski definition) is 1. The van der Waals surface area contributed by atoms with Crippen molar-refractivity contribution in [1.29, 1.82) is 0 Å². The summed E-state index contributed by atoms with van der Waals surface area (Å²) in [5, 5.41) is 3.30. The smallest absolute Gasteiger partial charge is 0.139 e. The molecule has 1 nitrogen and oxygen atoms in total. The maximum atomic E-state index is 13.3. The van der Waals surface area contributed by atoms with Gasteiger partial charge in [-0.3, -0.25) is 0 Å². The van der Waals surface area contributed by atoms with Gasteiger partial charge in [0.15, 0.2) is 0 Å². The molecule has 0 saturated heterocycles. The summed E-state index contributed by atoms with van der Waals surface area (Å²) < 4.78 is 13.8. The number of benzene rings is 1. The Kier molecular flexibility index (Phi) is 4.84. The first-order chi connectivity index (χ1) is 8.25. The lowest BCUT2D eigenvalue weighted by Crippen LogP contribution is -2.12. The van der Waals surface area contributed by atoms with Gasteiger partial charge >= 0.3 is 0 Å². The molecule has 1 N–H and O–H groups in total. The highest BCUT2D eigenvalue weighted by Gasteiger charge is 2.12. The van der Waals surface area contributed by atoms with Crippen LogP contribution in [-0.2, 0) is 0 Å². The summed E-state index contributed by atoms with van der Waals surface area (Å²) in [5.41, 5.74) is 0.876. The van der Waals surface area contributed by atoms with Gasteiger partial charge in [-0.05, 0) is 46.5 Å². The second-order valence-corrected chi connectivity index (χ2v) is 5.70. The van der Waals surface area contributed by atoms with Gasteiger partial charge in [-0.2, -0.15) is 0 Å². The molecule has 0 aliphatic heterocycles. The van der Waals surface area contributed by atoms with Crippen molar-refractivity contribution < 1.29 is 4.39 Å². The molecule has 0 bridgehead atoms. The van der Waals surface area contributed by atoms with Crippen molar-refractivity contribution in [2.45, 2.75) is 38.5 Å². The third kappa shape index (κ3) is 3.98. The Bertz CT molecular complexity index is 361. The van der Waals surface area contributed by atoms with E-state index in [-0.39, 0.29) is 5.82 Å². The highest BCUT2D eigenvalue weighted by atomic mass is 79.9. The fourth-order valence-corrected chi connectivity index (χ4v) is 2.75. The largest absolute Gasteiger partial charge is 0.385 e. The molecule has 1 aromatic carbocycles. The Balaban J connectivity index is 1.75. The molecular weight excluding hydrogens is 281 g/mol. The van der Waals surface area contributed by atoms with Crippen molar-refractivity contribution in [2.24, 2.45) is 5.92 Å². The molecule has 0 aromatic heterocycles. The van der Waals surface area contributed by atoms with Gasteiger partial charge in [-0.25, -0.2) is 4.39 Å². The van der Waals surface area contributed by atoms with Crippen LogP contribution in [0.4, 0.5) is 10.1 Å².